The van der Waals surface area contributed by atoms with Crippen LogP contribution in [-0.4, -0.2) is 121 Å². The molecule has 43 heavy (non-hydrogen) atoms. The molecular formula is C31H56O11S. The molecule has 0 spiro atoms. The third kappa shape index (κ3) is 25.8. The van der Waals surface area contributed by atoms with Crippen LogP contribution in [0.4, 0.5) is 0 Å². The molecule has 0 aliphatic heterocycles. The van der Waals surface area contributed by atoms with E-state index in [1.165, 1.54) is 44.2 Å². The van der Waals surface area contributed by atoms with Gasteiger partial charge in [-0.25, -0.2) is 0 Å². The summed E-state index contributed by atoms with van der Waals surface area (Å²) in [7, 11) is -3.77. The zero-order valence-electron chi connectivity index (χ0n) is 26.5. The molecule has 0 radical (unpaired) electrons. The predicted molar refractivity (Wildman–Crippen MR) is 164 cm³/mol. The maximum absolute atomic E-state index is 12.1. The lowest BCUT2D eigenvalue weighted by molar-refractivity contribution is -0.0236. The molecule has 1 rings (SSSR count). The second-order valence-electron chi connectivity index (χ2n) is 9.76. The summed E-state index contributed by atoms with van der Waals surface area (Å²) >= 11 is 0. The van der Waals surface area contributed by atoms with Gasteiger partial charge in [-0.15, -0.1) is 0 Å². The Kier molecular flexibility index (Phi) is 27.3. The number of hydrogen-bond acceptors (Lipinski definition) is 11. The lowest BCUT2D eigenvalue weighted by atomic mass is 10.1. The van der Waals surface area contributed by atoms with Crippen LogP contribution in [0, 0.1) is 6.92 Å². The number of rotatable bonds is 33. The normalized spacial score (nSPS) is 11.9. The SMILES string of the molecule is CCCCCCCCOCCOCCOCCOCCOCCOCCOCCOCCOS(=O)(=O)c1ccc(C)cc1. The van der Waals surface area contributed by atoms with E-state index in [-0.39, 0.29) is 18.1 Å². The van der Waals surface area contributed by atoms with Crippen molar-refractivity contribution in [2.45, 2.75) is 57.3 Å². The molecule has 0 unspecified atom stereocenters. The van der Waals surface area contributed by atoms with E-state index in [4.69, 9.17) is 42.1 Å². The number of unbranched alkanes of at least 4 members (excludes halogenated alkanes) is 5. The van der Waals surface area contributed by atoms with Gasteiger partial charge in [-0.2, -0.15) is 8.42 Å². The fraction of sp³-hybridized carbons (Fsp3) is 0.806. The van der Waals surface area contributed by atoms with Crippen LogP contribution >= 0.6 is 0 Å². The maximum atomic E-state index is 12.1. The Balaban J connectivity index is 1.70. The fourth-order valence-electron chi connectivity index (χ4n) is 3.60. The molecule has 0 bridgehead atoms. The molecule has 0 atom stereocenters. The van der Waals surface area contributed by atoms with Gasteiger partial charge in [0.25, 0.3) is 10.1 Å². The Bertz CT molecular complexity index is 822. The van der Waals surface area contributed by atoms with Crippen LogP contribution in [0.5, 0.6) is 0 Å². The summed E-state index contributed by atoms with van der Waals surface area (Å²) < 4.78 is 72.8. The summed E-state index contributed by atoms with van der Waals surface area (Å²) in [5.41, 5.74) is 0.980. The average Bonchev–Trinajstić information content (AvgIpc) is 3.00. The third-order valence-electron chi connectivity index (χ3n) is 6.02. The zero-order valence-corrected chi connectivity index (χ0v) is 27.3. The lowest BCUT2D eigenvalue weighted by Gasteiger charge is -2.09. The number of hydrogen-bond donors (Lipinski definition) is 0. The van der Waals surface area contributed by atoms with Crippen LogP contribution in [0.3, 0.4) is 0 Å². The largest absolute Gasteiger partial charge is 0.379 e. The van der Waals surface area contributed by atoms with Crippen molar-refractivity contribution >= 4 is 10.1 Å². The summed E-state index contributed by atoms with van der Waals surface area (Å²) in [4.78, 5) is 0.133. The van der Waals surface area contributed by atoms with E-state index in [0.29, 0.717) is 92.5 Å². The minimum absolute atomic E-state index is 0.0520. The van der Waals surface area contributed by atoms with Crippen molar-refractivity contribution in [3.05, 3.63) is 29.8 Å². The van der Waals surface area contributed by atoms with Crippen LogP contribution in [0.25, 0.3) is 0 Å². The molecule has 0 aromatic heterocycles. The Morgan fingerprint density at radius 1 is 0.442 bits per heavy atom. The summed E-state index contributed by atoms with van der Waals surface area (Å²) in [6.07, 6.45) is 7.64. The van der Waals surface area contributed by atoms with E-state index in [1.54, 1.807) is 12.1 Å². The molecule has 0 aliphatic carbocycles. The second-order valence-corrected chi connectivity index (χ2v) is 11.4. The molecule has 0 aliphatic rings. The standard InChI is InChI=1S/C31H56O11S/c1-3-4-5-6-7-8-13-34-14-15-35-16-17-36-18-19-37-20-21-38-22-23-39-24-25-40-26-27-41-28-29-42-43(32,33)31-11-9-30(2)10-12-31/h9-12H,3-8,13-29H2,1-2H3. The number of aryl methyl sites for hydroxylation is 1. The number of benzene rings is 1. The van der Waals surface area contributed by atoms with Crippen LogP contribution in [0.2, 0.25) is 0 Å². The van der Waals surface area contributed by atoms with Crippen molar-refractivity contribution in [2.24, 2.45) is 0 Å². The average molecular weight is 637 g/mol. The quantitative estimate of drug-likeness (QED) is 0.0817. The molecule has 11 nitrogen and oxygen atoms in total. The highest BCUT2D eigenvalue weighted by atomic mass is 32.2. The molecular weight excluding hydrogens is 580 g/mol. The maximum Gasteiger partial charge on any atom is 0.297 e. The summed E-state index contributed by atoms with van der Waals surface area (Å²) in [5.74, 6) is 0. The van der Waals surface area contributed by atoms with Gasteiger partial charge in [0, 0.05) is 6.61 Å². The predicted octanol–water partition coefficient (Wildman–Crippen LogP) is 4.19. The molecule has 12 heteroatoms. The Morgan fingerprint density at radius 3 is 1.16 bits per heavy atom. The van der Waals surface area contributed by atoms with Gasteiger partial charge in [0.15, 0.2) is 0 Å². The molecule has 1 aromatic rings. The smallest absolute Gasteiger partial charge is 0.297 e. The van der Waals surface area contributed by atoms with Gasteiger partial charge in [-0.3, -0.25) is 4.18 Å². The summed E-state index contributed by atoms with van der Waals surface area (Å²) in [6, 6.07) is 6.50. The molecule has 1 aromatic carbocycles. The van der Waals surface area contributed by atoms with E-state index in [0.717, 1.165) is 18.6 Å². The van der Waals surface area contributed by atoms with Gasteiger partial charge in [-0.05, 0) is 25.5 Å². The first kappa shape index (κ1) is 39.8. The van der Waals surface area contributed by atoms with E-state index >= 15 is 0 Å². The third-order valence-corrected chi connectivity index (χ3v) is 7.35. The Labute approximate surface area is 259 Å². The summed E-state index contributed by atoms with van der Waals surface area (Å²) in [5, 5.41) is 0. The Hall–Kier alpha value is -1.19. The Morgan fingerprint density at radius 2 is 0.767 bits per heavy atom. The molecule has 0 heterocycles. The molecule has 0 fully saturated rings. The van der Waals surface area contributed by atoms with Gasteiger partial charge in [0.1, 0.15) is 0 Å². The first-order valence-corrected chi connectivity index (χ1v) is 17.0. The molecule has 0 N–H and O–H groups in total. The van der Waals surface area contributed by atoms with E-state index in [2.05, 4.69) is 6.92 Å². The van der Waals surface area contributed by atoms with Crippen molar-refractivity contribution in [1.29, 1.82) is 0 Å². The van der Waals surface area contributed by atoms with Gasteiger partial charge < -0.3 is 37.9 Å². The van der Waals surface area contributed by atoms with Crippen molar-refractivity contribution in [1.82, 2.24) is 0 Å². The van der Waals surface area contributed by atoms with Crippen molar-refractivity contribution in [3.63, 3.8) is 0 Å². The molecule has 252 valence electrons. The van der Waals surface area contributed by atoms with Crippen LogP contribution in [0.15, 0.2) is 29.2 Å². The van der Waals surface area contributed by atoms with E-state index < -0.39 is 10.1 Å². The monoisotopic (exact) mass is 636 g/mol. The van der Waals surface area contributed by atoms with Crippen LogP contribution < -0.4 is 0 Å². The van der Waals surface area contributed by atoms with Crippen molar-refractivity contribution in [3.8, 4) is 0 Å². The van der Waals surface area contributed by atoms with Gasteiger partial charge in [0.2, 0.25) is 0 Å². The first-order chi connectivity index (χ1) is 21.1. The van der Waals surface area contributed by atoms with Crippen LogP contribution in [-0.2, 0) is 52.2 Å². The topological polar surface area (TPSA) is 117 Å². The van der Waals surface area contributed by atoms with E-state index in [9.17, 15) is 8.42 Å². The van der Waals surface area contributed by atoms with Gasteiger partial charge in [-0.1, -0.05) is 56.7 Å². The number of ether oxygens (including phenoxy) is 8. The first-order valence-electron chi connectivity index (χ1n) is 15.6. The molecule has 0 saturated carbocycles. The minimum Gasteiger partial charge on any atom is -0.379 e. The van der Waals surface area contributed by atoms with Crippen molar-refractivity contribution < 1.29 is 50.5 Å². The van der Waals surface area contributed by atoms with E-state index in [1.807, 2.05) is 6.92 Å². The fourth-order valence-corrected chi connectivity index (χ4v) is 4.49. The molecule has 0 amide bonds. The zero-order chi connectivity index (χ0) is 31.1. The van der Waals surface area contributed by atoms with Crippen molar-refractivity contribution in [2.75, 3.05) is 112 Å². The van der Waals surface area contributed by atoms with Gasteiger partial charge in [0.05, 0.1) is 111 Å². The highest BCUT2D eigenvalue weighted by Gasteiger charge is 2.14. The second kappa shape index (κ2) is 29.5. The van der Waals surface area contributed by atoms with Crippen LogP contribution in [0.1, 0.15) is 51.0 Å². The minimum atomic E-state index is -3.77. The van der Waals surface area contributed by atoms with Gasteiger partial charge >= 0.3 is 0 Å². The lowest BCUT2D eigenvalue weighted by Crippen LogP contribution is -2.15. The molecule has 0 saturated heterocycles. The highest BCUT2D eigenvalue weighted by molar-refractivity contribution is 7.86. The summed E-state index contributed by atoms with van der Waals surface area (Å²) in [6.45, 7) is 12.0. The highest BCUT2D eigenvalue weighted by Crippen LogP contribution is 2.13.